The number of carbonyl (C=O) groups is 1. The van der Waals surface area contributed by atoms with Crippen LogP contribution in [0.1, 0.15) is 5.56 Å². The molecule has 2 aromatic rings. The van der Waals surface area contributed by atoms with Crippen molar-refractivity contribution in [2.24, 2.45) is 0 Å². The van der Waals surface area contributed by atoms with Crippen LogP contribution in [-0.4, -0.2) is 25.3 Å². The zero-order chi connectivity index (χ0) is 19.3. The average Bonchev–Trinajstić information content (AvgIpc) is 2.55. The van der Waals surface area contributed by atoms with Crippen LogP contribution in [0.25, 0.3) is 0 Å². The van der Waals surface area contributed by atoms with Crippen molar-refractivity contribution < 1.29 is 27.4 Å². The van der Waals surface area contributed by atoms with E-state index in [2.05, 4.69) is 5.32 Å². The molecule has 0 aliphatic heterocycles. The molecule has 0 radical (unpaired) electrons. The van der Waals surface area contributed by atoms with Crippen LogP contribution >= 0.6 is 23.2 Å². The molecule has 9 heteroatoms. The summed E-state index contributed by atoms with van der Waals surface area (Å²) >= 11 is 11.6. The predicted molar refractivity (Wildman–Crippen MR) is 93.3 cm³/mol. The highest BCUT2D eigenvalue weighted by Crippen LogP contribution is 2.28. The fourth-order valence-electron chi connectivity index (χ4n) is 1.91. The number of ether oxygens (including phenoxy) is 2. The third-order valence-corrected chi connectivity index (χ3v) is 3.80. The molecule has 0 bridgehead atoms. The maximum atomic E-state index is 12.4. The Labute approximate surface area is 157 Å². The van der Waals surface area contributed by atoms with Gasteiger partial charge in [-0.15, -0.1) is 0 Å². The predicted octanol–water partition coefficient (Wildman–Crippen LogP) is 5.26. The highest BCUT2D eigenvalue weighted by molar-refractivity contribution is 6.42. The molecule has 0 saturated heterocycles. The quantitative estimate of drug-likeness (QED) is 0.710. The van der Waals surface area contributed by atoms with Crippen LogP contribution in [0.4, 0.5) is 18.9 Å². The summed E-state index contributed by atoms with van der Waals surface area (Å²) in [6.07, 6.45) is -4.48. The maximum Gasteiger partial charge on any atom is 0.422 e. The van der Waals surface area contributed by atoms with Crippen LogP contribution in [0.15, 0.2) is 36.4 Å². The fourth-order valence-corrected chi connectivity index (χ4v) is 2.20. The van der Waals surface area contributed by atoms with Gasteiger partial charge in [-0.05, 0) is 36.8 Å². The van der Waals surface area contributed by atoms with E-state index in [1.54, 1.807) is 13.0 Å². The SMILES string of the molecule is Cc1ccc(NC(=O)COc2ccc(Cl)c(Cl)c2)c(OCC(F)(F)F)c1. The second-order valence-corrected chi connectivity index (χ2v) is 6.13. The number of nitrogens with one attached hydrogen (secondary N) is 1. The Morgan fingerprint density at radius 2 is 1.81 bits per heavy atom. The minimum absolute atomic E-state index is 0.0785. The lowest BCUT2D eigenvalue weighted by Crippen LogP contribution is -2.22. The first-order valence-corrected chi connectivity index (χ1v) is 8.07. The molecular weight excluding hydrogens is 394 g/mol. The number of carbonyl (C=O) groups excluding carboxylic acids is 1. The lowest BCUT2D eigenvalue weighted by Gasteiger charge is -2.15. The van der Waals surface area contributed by atoms with E-state index in [1.807, 2.05) is 0 Å². The molecule has 1 amide bonds. The summed E-state index contributed by atoms with van der Waals surface area (Å²) in [5.41, 5.74) is 0.801. The van der Waals surface area contributed by atoms with Crippen LogP contribution in [0.3, 0.4) is 0 Å². The maximum absolute atomic E-state index is 12.4. The van der Waals surface area contributed by atoms with Crippen molar-refractivity contribution in [2.45, 2.75) is 13.1 Å². The van der Waals surface area contributed by atoms with E-state index in [0.717, 1.165) is 0 Å². The van der Waals surface area contributed by atoms with Crippen molar-refractivity contribution in [3.05, 3.63) is 52.0 Å². The van der Waals surface area contributed by atoms with Gasteiger partial charge in [0, 0.05) is 6.07 Å². The van der Waals surface area contributed by atoms with Crippen molar-refractivity contribution in [2.75, 3.05) is 18.5 Å². The van der Waals surface area contributed by atoms with Crippen LogP contribution in [0, 0.1) is 6.92 Å². The van der Waals surface area contributed by atoms with E-state index in [-0.39, 0.29) is 23.1 Å². The zero-order valence-corrected chi connectivity index (χ0v) is 15.0. The first-order chi connectivity index (χ1) is 12.1. The van der Waals surface area contributed by atoms with E-state index in [0.29, 0.717) is 16.3 Å². The van der Waals surface area contributed by atoms with E-state index in [4.69, 9.17) is 32.7 Å². The van der Waals surface area contributed by atoms with Crippen LogP contribution in [-0.2, 0) is 4.79 Å². The normalized spacial score (nSPS) is 11.2. The number of benzene rings is 2. The van der Waals surface area contributed by atoms with Crippen molar-refractivity contribution >= 4 is 34.8 Å². The second-order valence-electron chi connectivity index (χ2n) is 5.32. The number of halogens is 5. The lowest BCUT2D eigenvalue weighted by molar-refractivity contribution is -0.153. The smallest absolute Gasteiger partial charge is 0.422 e. The molecule has 0 aromatic heterocycles. The summed E-state index contributed by atoms with van der Waals surface area (Å²) in [6.45, 7) is -0.136. The summed E-state index contributed by atoms with van der Waals surface area (Å²) in [6, 6.07) is 8.99. The Hall–Kier alpha value is -2.12. The standard InChI is InChI=1S/C17H14Cl2F3NO3/c1-10-2-5-14(15(6-10)26-9-17(20,21)22)23-16(24)8-25-11-3-4-12(18)13(19)7-11/h2-7H,8-9H2,1H3,(H,23,24). The molecule has 0 aliphatic rings. The fraction of sp³-hybridized carbons (Fsp3) is 0.235. The van der Waals surface area contributed by atoms with Gasteiger partial charge in [0.15, 0.2) is 13.2 Å². The molecule has 4 nitrogen and oxygen atoms in total. The van der Waals surface area contributed by atoms with Gasteiger partial charge < -0.3 is 14.8 Å². The molecule has 0 heterocycles. The van der Waals surface area contributed by atoms with Gasteiger partial charge in [-0.1, -0.05) is 29.3 Å². The average molecular weight is 408 g/mol. The van der Waals surface area contributed by atoms with Crippen molar-refractivity contribution in [3.8, 4) is 11.5 Å². The summed E-state index contributed by atoms with van der Waals surface area (Å²) in [7, 11) is 0. The van der Waals surface area contributed by atoms with E-state index in [1.165, 1.54) is 30.3 Å². The molecule has 1 N–H and O–H groups in total. The minimum Gasteiger partial charge on any atom is -0.484 e. The first-order valence-electron chi connectivity index (χ1n) is 7.32. The third-order valence-electron chi connectivity index (χ3n) is 3.06. The van der Waals surface area contributed by atoms with Gasteiger partial charge in [-0.2, -0.15) is 13.2 Å². The van der Waals surface area contributed by atoms with Crippen LogP contribution < -0.4 is 14.8 Å². The van der Waals surface area contributed by atoms with Gasteiger partial charge in [-0.3, -0.25) is 4.79 Å². The lowest BCUT2D eigenvalue weighted by atomic mass is 10.2. The zero-order valence-electron chi connectivity index (χ0n) is 13.5. The van der Waals surface area contributed by atoms with Crippen molar-refractivity contribution in [1.82, 2.24) is 0 Å². The Morgan fingerprint density at radius 1 is 1.08 bits per heavy atom. The van der Waals surface area contributed by atoms with Crippen molar-refractivity contribution in [3.63, 3.8) is 0 Å². The van der Waals surface area contributed by atoms with Gasteiger partial charge in [0.05, 0.1) is 15.7 Å². The molecule has 26 heavy (non-hydrogen) atoms. The number of rotatable bonds is 6. The Kier molecular flexibility index (Phi) is 6.61. The first kappa shape index (κ1) is 20.2. The number of amides is 1. The third kappa shape index (κ3) is 6.31. The topological polar surface area (TPSA) is 47.6 Å². The largest absolute Gasteiger partial charge is 0.484 e. The highest BCUT2D eigenvalue weighted by atomic mass is 35.5. The number of alkyl halides is 3. The molecule has 2 rings (SSSR count). The summed E-state index contributed by atoms with van der Waals surface area (Å²) in [5.74, 6) is -0.325. The Bertz CT molecular complexity index is 797. The van der Waals surface area contributed by atoms with Crippen molar-refractivity contribution in [1.29, 1.82) is 0 Å². The van der Waals surface area contributed by atoms with Gasteiger partial charge in [-0.25, -0.2) is 0 Å². The number of hydrogen-bond acceptors (Lipinski definition) is 3. The number of anilines is 1. The summed E-state index contributed by atoms with van der Waals surface area (Å²) in [5, 5.41) is 3.07. The Morgan fingerprint density at radius 3 is 2.46 bits per heavy atom. The van der Waals surface area contributed by atoms with E-state index < -0.39 is 18.7 Å². The van der Waals surface area contributed by atoms with E-state index >= 15 is 0 Å². The molecular formula is C17H14Cl2F3NO3. The molecule has 0 saturated carbocycles. The van der Waals surface area contributed by atoms with Gasteiger partial charge in [0.2, 0.25) is 0 Å². The van der Waals surface area contributed by atoms with Gasteiger partial charge in [0.25, 0.3) is 5.91 Å². The monoisotopic (exact) mass is 407 g/mol. The second kappa shape index (κ2) is 8.51. The molecule has 0 fully saturated rings. The molecule has 0 aliphatic carbocycles. The van der Waals surface area contributed by atoms with Crippen LogP contribution in [0.2, 0.25) is 10.0 Å². The number of hydrogen-bond donors (Lipinski definition) is 1. The molecule has 0 atom stereocenters. The molecule has 0 unspecified atom stereocenters. The minimum atomic E-state index is -4.48. The molecule has 0 spiro atoms. The Balaban J connectivity index is 2.00. The molecule has 140 valence electrons. The van der Waals surface area contributed by atoms with Crippen LogP contribution in [0.5, 0.6) is 11.5 Å². The molecule has 2 aromatic carbocycles. The summed E-state index contributed by atoms with van der Waals surface area (Å²) < 4.78 is 47.1. The van der Waals surface area contributed by atoms with Gasteiger partial charge >= 0.3 is 6.18 Å². The summed E-state index contributed by atoms with van der Waals surface area (Å²) in [4.78, 5) is 12.0. The van der Waals surface area contributed by atoms with E-state index in [9.17, 15) is 18.0 Å². The number of aryl methyl sites for hydroxylation is 1. The van der Waals surface area contributed by atoms with Gasteiger partial charge in [0.1, 0.15) is 11.5 Å². The highest BCUT2D eigenvalue weighted by Gasteiger charge is 2.29.